The third-order valence-electron chi connectivity index (χ3n) is 5.33. The first-order chi connectivity index (χ1) is 18.3. The number of anilines is 3. The van der Waals surface area contributed by atoms with E-state index in [1.165, 1.54) is 16.8 Å². The monoisotopic (exact) mass is 515 g/mol. The zero-order valence-corrected chi connectivity index (χ0v) is 19.9. The Hall–Kier alpha value is -5.39. The Morgan fingerprint density at radius 3 is 2.68 bits per heavy atom. The Bertz CT molecular complexity index is 1760. The maximum atomic E-state index is 14.3. The van der Waals surface area contributed by atoms with Gasteiger partial charge < -0.3 is 15.4 Å². The van der Waals surface area contributed by atoms with E-state index in [1.807, 2.05) is 0 Å². The highest BCUT2D eigenvalue weighted by atomic mass is 19.1. The zero-order valence-electron chi connectivity index (χ0n) is 19.9. The number of fused-ring (bicyclic) bond motifs is 1. The summed E-state index contributed by atoms with van der Waals surface area (Å²) in [5.41, 5.74) is 0.233. The van der Waals surface area contributed by atoms with Crippen LogP contribution in [0.1, 0.15) is 0 Å². The van der Waals surface area contributed by atoms with Crippen molar-refractivity contribution in [1.29, 1.82) is 0 Å². The molecule has 0 saturated carbocycles. The van der Waals surface area contributed by atoms with Crippen molar-refractivity contribution in [1.82, 2.24) is 24.3 Å². The van der Waals surface area contributed by atoms with Crippen LogP contribution in [0.4, 0.5) is 26.2 Å². The summed E-state index contributed by atoms with van der Waals surface area (Å²) in [5, 5.41) is 10.2. The molecule has 3 heterocycles. The first-order valence-corrected chi connectivity index (χ1v) is 11.2. The standard InChI is InChI=1S/C26H19F2N7O3/c1-3-23(36)30-17-5-4-6-18(13-17)35-24-15(14-29-26(32-24)31-22-9-10-34(2)33-22)11-21(25(35)37)38-20-8-7-16(27)12-19(20)28/h3-14H,1H2,2H3,(H,30,36)(H,29,31,32,33). The van der Waals surface area contributed by atoms with Gasteiger partial charge in [-0.05, 0) is 42.5 Å². The minimum Gasteiger partial charge on any atom is -0.448 e. The van der Waals surface area contributed by atoms with Gasteiger partial charge in [0.1, 0.15) is 5.82 Å². The summed E-state index contributed by atoms with van der Waals surface area (Å²) in [4.78, 5) is 34.3. The van der Waals surface area contributed by atoms with E-state index < -0.39 is 23.1 Å². The van der Waals surface area contributed by atoms with Gasteiger partial charge in [0.2, 0.25) is 11.9 Å². The number of hydrogen-bond acceptors (Lipinski definition) is 7. The van der Waals surface area contributed by atoms with Crippen molar-refractivity contribution < 1.29 is 18.3 Å². The van der Waals surface area contributed by atoms with Crippen LogP contribution in [0, 0.1) is 11.6 Å². The van der Waals surface area contributed by atoms with Crippen molar-refractivity contribution in [3.63, 3.8) is 0 Å². The molecular weight excluding hydrogens is 496 g/mol. The van der Waals surface area contributed by atoms with E-state index in [0.29, 0.717) is 28.6 Å². The molecule has 38 heavy (non-hydrogen) atoms. The number of carbonyl (C=O) groups excluding carboxylic acids is 1. The van der Waals surface area contributed by atoms with Gasteiger partial charge in [-0.2, -0.15) is 10.1 Å². The summed E-state index contributed by atoms with van der Waals surface area (Å²) in [6, 6.07) is 12.3. The van der Waals surface area contributed by atoms with Crippen LogP contribution in [-0.2, 0) is 11.8 Å². The second kappa shape index (κ2) is 9.93. The summed E-state index contributed by atoms with van der Waals surface area (Å²) >= 11 is 0. The van der Waals surface area contributed by atoms with Crippen molar-refractivity contribution >= 4 is 34.4 Å². The first-order valence-electron chi connectivity index (χ1n) is 11.2. The van der Waals surface area contributed by atoms with Gasteiger partial charge in [-0.3, -0.25) is 18.8 Å². The molecule has 1 amide bonds. The lowest BCUT2D eigenvalue weighted by atomic mass is 10.2. The molecule has 0 unspecified atom stereocenters. The number of hydrogen-bond donors (Lipinski definition) is 2. The highest BCUT2D eigenvalue weighted by molar-refractivity contribution is 5.99. The number of benzene rings is 2. The van der Waals surface area contributed by atoms with Gasteiger partial charge in [-0.15, -0.1) is 0 Å². The normalized spacial score (nSPS) is 10.8. The minimum atomic E-state index is -0.976. The second-order valence-corrected chi connectivity index (χ2v) is 8.04. The number of aryl methyl sites for hydroxylation is 1. The number of carbonyl (C=O) groups is 1. The predicted molar refractivity (Wildman–Crippen MR) is 137 cm³/mol. The average molecular weight is 515 g/mol. The van der Waals surface area contributed by atoms with E-state index in [2.05, 4.69) is 32.3 Å². The number of ether oxygens (including phenoxy) is 1. The van der Waals surface area contributed by atoms with E-state index in [4.69, 9.17) is 4.74 Å². The number of amides is 1. The maximum absolute atomic E-state index is 14.3. The largest absolute Gasteiger partial charge is 0.448 e. The van der Waals surface area contributed by atoms with Gasteiger partial charge in [0, 0.05) is 42.6 Å². The lowest BCUT2D eigenvalue weighted by Gasteiger charge is -2.15. The smallest absolute Gasteiger partial charge is 0.299 e. The van der Waals surface area contributed by atoms with Crippen LogP contribution in [0.5, 0.6) is 11.5 Å². The maximum Gasteiger partial charge on any atom is 0.299 e. The van der Waals surface area contributed by atoms with Gasteiger partial charge in [0.25, 0.3) is 5.56 Å². The van der Waals surface area contributed by atoms with Crippen LogP contribution in [-0.4, -0.2) is 30.2 Å². The van der Waals surface area contributed by atoms with Gasteiger partial charge in [0.05, 0.1) is 5.69 Å². The first kappa shape index (κ1) is 24.3. The molecule has 3 aromatic heterocycles. The van der Waals surface area contributed by atoms with Gasteiger partial charge in [-0.1, -0.05) is 12.6 Å². The van der Waals surface area contributed by atoms with E-state index in [0.717, 1.165) is 18.2 Å². The minimum absolute atomic E-state index is 0.165. The molecule has 190 valence electrons. The lowest BCUT2D eigenvalue weighted by Crippen LogP contribution is -2.21. The van der Waals surface area contributed by atoms with Crippen molar-refractivity contribution in [2.45, 2.75) is 0 Å². The number of nitrogens with one attached hydrogen (secondary N) is 2. The number of halogens is 2. The topological polar surface area (TPSA) is 116 Å². The van der Waals surface area contributed by atoms with Crippen LogP contribution >= 0.6 is 0 Å². The Labute approximate surface area is 213 Å². The van der Waals surface area contributed by atoms with Crippen molar-refractivity contribution in [2.24, 2.45) is 7.05 Å². The number of nitrogens with zero attached hydrogens (tertiary/aromatic N) is 5. The van der Waals surface area contributed by atoms with E-state index in [1.54, 1.807) is 48.3 Å². The summed E-state index contributed by atoms with van der Waals surface area (Å²) < 4.78 is 36.1. The fraction of sp³-hybridized carbons (Fsp3) is 0.0385. The van der Waals surface area contributed by atoms with E-state index in [-0.39, 0.29) is 23.1 Å². The molecule has 5 rings (SSSR count). The summed E-state index contributed by atoms with van der Waals surface area (Å²) in [6.07, 6.45) is 4.31. The molecule has 12 heteroatoms. The molecule has 10 nitrogen and oxygen atoms in total. The Morgan fingerprint density at radius 1 is 1.11 bits per heavy atom. The molecule has 0 aliphatic heterocycles. The molecular formula is C26H19F2N7O3. The molecule has 0 atom stereocenters. The predicted octanol–water partition coefficient (Wildman–Crippen LogP) is 4.45. The molecule has 0 radical (unpaired) electrons. The molecule has 2 aromatic carbocycles. The van der Waals surface area contributed by atoms with E-state index >= 15 is 0 Å². The van der Waals surface area contributed by atoms with E-state index in [9.17, 15) is 18.4 Å². The fourth-order valence-electron chi connectivity index (χ4n) is 3.63. The number of aromatic nitrogens is 5. The van der Waals surface area contributed by atoms with Crippen LogP contribution in [0.25, 0.3) is 16.7 Å². The summed E-state index contributed by atoms with van der Waals surface area (Å²) in [6.45, 7) is 3.43. The highest BCUT2D eigenvalue weighted by Gasteiger charge is 2.18. The van der Waals surface area contributed by atoms with Gasteiger partial charge in [0.15, 0.2) is 28.8 Å². The molecule has 0 fully saturated rings. The van der Waals surface area contributed by atoms with Crippen molar-refractivity contribution in [2.75, 3.05) is 10.6 Å². The quantitative estimate of drug-likeness (QED) is 0.308. The Balaban J connectivity index is 1.67. The third kappa shape index (κ3) is 4.95. The lowest BCUT2D eigenvalue weighted by molar-refractivity contribution is -0.111. The molecule has 0 bridgehead atoms. The van der Waals surface area contributed by atoms with Crippen molar-refractivity contribution in [3.05, 3.63) is 102 Å². The van der Waals surface area contributed by atoms with Gasteiger partial charge >= 0.3 is 0 Å². The van der Waals surface area contributed by atoms with Crippen LogP contribution < -0.4 is 20.9 Å². The van der Waals surface area contributed by atoms with Crippen LogP contribution in [0.2, 0.25) is 0 Å². The summed E-state index contributed by atoms with van der Waals surface area (Å²) in [5.74, 6) is -2.14. The Morgan fingerprint density at radius 2 is 1.95 bits per heavy atom. The number of pyridine rings is 1. The molecule has 5 aromatic rings. The molecule has 0 spiro atoms. The molecule has 0 saturated heterocycles. The SMILES string of the molecule is C=CC(=O)Nc1cccc(-n2c(=O)c(Oc3ccc(F)cc3F)cc3cnc(Nc4ccn(C)n4)nc32)c1. The van der Waals surface area contributed by atoms with Crippen LogP contribution in [0.15, 0.2) is 84.4 Å². The number of rotatable bonds is 7. The molecule has 2 N–H and O–H groups in total. The fourth-order valence-corrected chi connectivity index (χ4v) is 3.63. The third-order valence-corrected chi connectivity index (χ3v) is 5.33. The highest BCUT2D eigenvalue weighted by Crippen LogP contribution is 2.27. The average Bonchev–Trinajstić information content (AvgIpc) is 3.30. The van der Waals surface area contributed by atoms with Crippen molar-refractivity contribution in [3.8, 4) is 17.2 Å². The molecule has 0 aliphatic carbocycles. The van der Waals surface area contributed by atoms with Gasteiger partial charge in [-0.25, -0.2) is 13.8 Å². The van der Waals surface area contributed by atoms with Crippen LogP contribution in [0.3, 0.4) is 0 Å². The second-order valence-electron chi connectivity index (χ2n) is 8.04. The zero-order chi connectivity index (χ0) is 26.8. The molecule has 0 aliphatic rings. The summed E-state index contributed by atoms with van der Waals surface area (Å²) in [7, 11) is 1.76. The Kier molecular flexibility index (Phi) is 6.35.